The highest BCUT2D eigenvalue weighted by Crippen LogP contribution is 2.67. The second-order valence-corrected chi connectivity index (χ2v) is 22.8. The van der Waals surface area contributed by atoms with Crippen molar-refractivity contribution < 1.29 is 48.3 Å². The lowest BCUT2D eigenvalue weighted by molar-refractivity contribution is -0.188. The van der Waals surface area contributed by atoms with E-state index in [1.165, 1.54) is 25.7 Å². The van der Waals surface area contributed by atoms with E-state index in [1.54, 1.807) is 36.4 Å². The quantitative estimate of drug-likeness (QED) is 0.129. The lowest BCUT2D eigenvalue weighted by atomic mass is 9.49. The van der Waals surface area contributed by atoms with E-state index in [4.69, 9.17) is 42.1 Å². The second-order valence-electron chi connectivity index (χ2n) is 21.9. The highest BCUT2D eigenvalue weighted by Gasteiger charge is 2.75. The maximum atomic E-state index is 14.2. The van der Waals surface area contributed by atoms with Gasteiger partial charge in [0.25, 0.3) is 0 Å². The number of hydrogen-bond acceptors (Lipinski definition) is 12. The Bertz CT molecular complexity index is 2780. The number of benzene rings is 4. The Morgan fingerprint density at radius 2 is 1.09 bits per heavy atom. The van der Waals surface area contributed by atoms with Gasteiger partial charge < -0.3 is 29.2 Å². The van der Waals surface area contributed by atoms with E-state index in [9.17, 15) is 29.4 Å². The van der Waals surface area contributed by atoms with Crippen molar-refractivity contribution in [2.75, 3.05) is 26.2 Å². The maximum Gasteiger partial charge on any atom is 0.315 e. The van der Waals surface area contributed by atoms with Gasteiger partial charge in [0.15, 0.2) is 46.8 Å². The molecule has 4 heterocycles. The van der Waals surface area contributed by atoms with Gasteiger partial charge >= 0.3 is 11.9 Å². The number of halogens is 2. The normalized spacial score (nSPS) is 33.7. The number of Topliss-reactive ketones (excluding diaryl/α,β-unsaturated/α-hetero) is 2. The smallest absolute Gasteiger partial charge is 0.315 e. The van der Waals surface area contributed by atoms with Crippen molar-refractivity contribution in [3.8, 4) is 23.0 Å². The van der Waals surface area contributed by atoms with Crippen molar-refractivity contribution in [1.29, 1.82) is 0 Å². The van der Waals surface area contributed by atoms with Crippen LogP contribution in [-0.4, -0.2) is 105 Å². The molecule has 0 radical (unpaired) electrons. The minimum absolute atomic E-state index is 0.0403. The molecule has 6 aliphatic carbocycles. The van der Waals surface area contributed by atoms with Gasteiger partial charge in [-0.15, -0.1) is 0 Å². The van der Waals surface area contributed by atoms with Crippen molar-refractivity contribution in [2.45, 2.75) is 136 Å². The fourth-order valence-electron chi connectivity index (χ4n) is 15.2. The summed E-state index contributed by atoms with van der Waals surface area (Å²) in [5.74, 6) is 1.13. The Hall–Kier alpha value is -4.56. The standard InChI is InChI=1S/C54H52Cl2N2O10/c55-34-17-31-18-35(56)20-33(24-43(62)66-39-8-6-30-22-41-54(64)12-10-37(60)50-52(54,46(30)48(39)68-50)14-16-58(41)26-28-3-4-28)44(31)32(19-34)23-42(61)65-38-7-5-29-21-40-53(63)11-9-36(59)49-51(53,45(29)47(38)67-49)13-15-57(40)25-27-1-2-27/h5-8,17-20,27-28,40-41,49-50,63-64H,1-4,9-16,21-26H2/t40-,41-,49+,50+,51+,52+,53-,54-/m1/s1. The number of nitrogens with zero attached hydrogens (tertiary/aromatic N) is 2. The first-order valence-electron chi connectivity index (χ1n) is 24.7. The van der Waals surface area contributed by atoms with E-state index in [-0.39, 0.29) is 60.8 Å². The number of carbonyl (C=O) groups is 4. The molecule has 2 saturated heterocycles. The van der Waals surface area contributed by atoms with Crippen molar-refractivity contribution in [1.82, 2.24) is 9.80 Å². The summed E-state index contributed by atoms with van der Waals surface area (Å²) in [6.07, 6.45) is 6.28. The molecule has 4 saturated carbocycles. The Labute approximate surface area is 403 Å². The van der Waals surface area contributed by atoms with Crippen LogP contribution in [0, 0.1) is 11.8 Å². The number of esters is 2. The average molecular weight is 960 g/mol. The second kappa shape index (κ2) is 14.5. The van der Waals surface area contributed by atoms with Gasteiger partial charge in [-0.25, -0.2) is 0 Å². The van der Waals surface area contributed by atoms with Gasteiger partial charge in [-0.05, 0) is 159 Å². The summed E-state index contributed by atoms with van der Waals surface area (Å²) >= 11 is 13.4. The van der Waals surface area contributed by atoms with E-state index in [0.29, 0.717) is 93.8 Å². The number of aliphatic hydroxyl groups is 2. The number of likely N-dealkylation sites (tertiary alicyclic amines) is 2. The first kappa shape index (κ1) is 42.3. The summed E-state index contributed by atoms with van der Waals surface area (Å²) in [6.45, 7) is 3.42. The third kappa shape index (κ3) is 5.76. The third-order valence-electron chi connectivity index (χ3n) is 18.3. The first-order chi connectivity index (χ1) is 32.8. The molecule has 6 fully saturated rings. The molecule has 4 aromatic rings. The summed E-state index contributed by atoms with van der Waals surface area (Å²) in [6, 6.07) is 14.0. The molecular formula is C54H52Cl2N2O10. The highest BCUT2D eigenvalue weighted by atomic mass is 35.5. The summed E-state index contributed by atoms with van der Waals surface area (Å²) in [5, 5.41) is 27.4. The molecule has 0 amide bonds. The van der Waals surface area contributed by atoms with Gasteiger partial charge in [0.1, 0.15) is 0 Å². The monoisotopic (exact) mass is 958 g/mol. The van der Waals surface area contributed by atoms with Crippen molar-refractivity contribution in [2.24, 2.45) is 11.8 Å². The van der Waals surface area contributed by atoms with Crippen LogP contribution < -0.4 is 18.9 Å². The van der Waals surface area contributed by atoms with Crippen LogP contribution in [0.1, 0.15) is 97.6 Å². The van der Waals surface area contributed by atoms with Gasteiger partial charge in [0.05, 0.1) is 34.9 Å². The summed E-state index contributed by atoms with van der Waals surface area (Å²) in [4.78, 5) is 60.6. The number of hydrogen-bond donors (Lipinski definition) is 2. The Morgan fingerprint density at radius 1 is 0.647 bits per heavy atom. The molecule has 8 atom stereocenters. The van der Waals surface area contributed by atoms with Crippen LogP contribution in [0.15, 0.2) is 48.5 Å². The van der Waals surface area contributed by atoms with Crippen LogP contribution in [0.2, 0.25) is 10.0 Å². The average Bonchev–Trinajstić information content (AvgIpc) is 4.22. The molecule has 14 rings (SSSR count). The van der Waals surface area contributed by atoms with Gasteiger partial charge in [-0.2, -0.15) is 0 Å². The van der Waals surface area contributed by atoms with E-state index in [2.05, 4.69) is 9.80 Å². The van der Waals surface area contributed by atoms with Crippen LogP contribution in [0.25, 0.3) is 10.8 Å². The van der Waals surface area contributed by atoms with E-state index in [1.807, 2.05) is 12.1 Å². The summed E-state index contributed by atoms with van der Waals surface area (Å²) in [7, 11) is 0. The zero-order valence-corrected chi connectivity index (χ0v) is 39.1. The highest BCUT2D eigenvalue weighted by molar-refractivity contribution is 6.33. The number of ether oxygens (including phenoxy) is 4. The van der Waals surface area contributed by atoms with Gasteiger partial charge in [0, 0.05) is 59.2 Å². The molecule has 352 valence electrons. The zero-order valence-electron chi connectivity index (χ0n) is 37.6. The largest absolute Gasteiger partial charge is 0.477 e. The Kier molecular flexibility index (Phi) is 9.03. The van der Waals surface area contributed by atoms with Crippen LogP contribution in [-0.2, 0) is 55.7 Å². The lowest BCUT2D eigenvalue weighted by Crippen LogP contribution is -2.76. The minimum atomic E-state index is -1.15. The molecule has 10 aliphatic rings. The molecule has 68 heavy (non-hydrogen) atoms. The van der Waals surface area contributed by atoms with Gasteiger partial charge in [0.2, 0.25) is 0 Å². The van der Waals surface area contributed by atoms with Crippen LogP contribution >= 0.6 is 23.2 Å². The SMILES string of the molecule is O=C(Cc1cc(Cl)cc2cc(Cl)cc(CC(=O)Oc3ccc4c5c3O[C@H]3C(=O)CC[C@@]6(O)[C@@H](C4)N(CC4CC4)CC[C@]536)c12)Oc1ccc2c3c1O[C@H]1C(=O)CC[C@@]4(O)[C@@H](C2)N(CC2CC2)CC[C@]314. The molecule has 12 nitrogen and oxygen atoms in total. The molecule has 2 spiro atoms. The number of piperidine rings is 2. The van der Waals surface area contributed by atoms with Gasteiger partial charge in [-0.3, -0.25) is 29.0 Å². The first-order valence-corrected chi connectivity index (χ1v) is 25.5. The molecular weight excluding hydrogens is 908 g/mol. The number of carbonyl (C=O) groups excluding carboxylic acids is 4. The fraction of sp³-hybridized carbons (Fsp3) is 0.519. The summed E-state index contributed by atoms with van der Waals surface area (Å²) in [5.41, 5.74) is 0.525. The minimum Gasteiger partial charge on any atom is -0.477 e. The molecule has 4 aliphatic heterocycles. The molecule has 0 unspecified atom stereocenters. The fourth-order valence-corrected chi connectivity index (χ4v) is 15.7. The van der Waals surface area contributed by atoms with Crippen molar-refractivity contribution >= 4 is 57.5 Å². The Morgan fingerprint density at radius 3 is 1.51 bits per heavy atom. The predicted molar refractivity (Wildman–Crippen MR) is 249 cm³/mol. The lowest BCUT2D eigenvalue weighted by Gasteiger charge is -2.62. The van der Waals surface area contributed by atoms with Crippen molar-refractivity contribution in [3.05, 3.63) is 92.0 Å². The Balaban J connectivity index is 0.755. The van der Waals surface area contributed by atoms with Crippen LogP contribution in [0.5, 0.6) is 23.0 Å². The molecule has 4 bridgehead atoms. The molecule has 2 N–H and O–H groups in total. The van der Waals surface area contributed by atoms with Crippen LogP contribution in [0.3, 0.4) is 0 Å². The number of ketones is 2. The van der Waals surface area contributed by atoms with E-state index >= 15 is 0 Å². The third-order valence-corrected chi connectivity index (χ3v) is 18.8. The topological polar surface area (TPSA) is 152 Å². The van der Waals surface area contributed by atoms with Crippen molar-refractivity contribution in [3.63, 3.8) is 0 Å². The zero-order chi connectivity index (χ0) is 46.2. The number of fused-ring (bicyclic) bond motifs is 1. The molecule has 14 heteroatoms. The van der Waals surface area contributed by atoms with Crippen LogP contribution in [0.4, 0.5) is 0 Å². The predicted octanol–water partition coefficient (Wildman–Crippen LogP) is 6.71. The molecule has 4 aromatic carbocycles. The maximum absolute atomic E-state index is 14.2. The summed E-state index contributed by atoms with van der Waals surface area (Å²) < 4.78 is 25.5. The molecule has 0 aromatic heterocycles. The van der Waals surface area contributed by atoms with E-state index in [0.717, 1.165) is 48.4 Å². The van der Waals surface area contributed by atoms with Gasteiger partial charge in [-0.1, -0.05) is 35.3 Å². The van der Waals surface area contributed by atoms with E-state index < -0.39 is 46.2 Å². The number of rotatable bonds is 10.